The Kier molecular flexibility index (Phi) is 6.32. The average Bonchev–Trinajstić information content (AvgIpc) is 2.42. The summed E-state index contributed by atoms with van der Waals surface area (Å²) in [5, 5.41) is 11.8. The highest BCUT2D eigenvalue weighted by atomic mass is 16.5. The summed E-state index contributed by atoms with van der Waals surface area (Å²) in [5.41, 5.74) is 1.09. The molecule has 0 aliphatic rings. The molecule has 0 aliphatic heterocycles. The van der Waals surface area contributed by atoms with Crippen molar-refractivity contribution in [1.29, 1.82) is 0 Å². The molecule has 102 valence electrons. The maximum Gasteiger partial charge on any atom is 0.203 e. The first-order valence-corrected chi connectivity index (χ1v) is 5.87. The highest BCUT2D eigenvalue weighted by Crippen LogP contribution is 2.38. The highest BCUT2D eigenvalue weighted by molar-refractivity contribution is 5.53. The molecule has 0 radical (unpaired) electrons. The lowest BCUT2D eigenvalue weighted by molar-refractivity contribution is 0.292. The molecule has 0 aliphatic carbocycles. The third-order valence-corrected chi connectivity index (χ3v) is 2.60. The third kappa shape index (κ3) is 3.78. The highest BCUT2D eigenvalue weighted by Gasteiger charge is 2.12. The molecule has 0 atom stereocenters. The molecule has 0 heterocycles. The number of aliphatic hydroxyl groups excluding tert-OH is 1. The van der Waals surface area contributed by atoms with Gasteiger partial charge in [-0.3, -0.25) is 0 Å². The fraction of sp³-hybridized carbons (Fsp3) is 0.538. The Morgan fingerprint density at radius 3 is 2.06 bits per heavy atom. The van der Waals surface area contributed by atoms with Crippen LogP contribution in [0.5, 0.6) is 17.2 Å². The molecule has 0 unspecified atom stereocenters. The molecular formula is C13H21NO4. The minimum atomic E-state index is 0.148. The number of hydrogen-bond donors (Lipinski definition) is 2. The van der Waals surface area contributed by atoms with Gasteiger partial charge in [-0.2, -0.15) is 0 Å². The molecule has 0 aromatic heterocycles. The summed E-state index contributed by atoms with van der Waals surface area (Å²) in [5.74, 6) is 1.93. The largest absolute Gasteiger partial charge is 0.493 e. The summed E-state index contributed by atoms with van der Waals surface area (Å²) in [7, 11) is 4.79. The predicted octanol–water partition coefficient (Wildman–Crippen LogP) is 0.837. The predicted molar refractivity (Wildman–Crippen MR) is 69.8 cm³/mol. The Morgan fingerprint density at radius 1 is 1.00 bits per heavy atom. The lowest BCUT2D eigenvalue weighted by Crippen LogP contribution is -2.20. The van der Waals surface area contributed by atoms with Crippen LogP contribution in [0.25, 0.3) is 0 Å². The molecule has 18 heavy (non-hydrogen) atoms. The molecule has 0 amide bonds. The molecule has 0 saturated carbocycles. The number of hydrogen-bond acceptors (Lipinski definition) is 5. The van der Waals surface area contributed by atoms with E-state index in [0.29, 0.717) is 23.8 Å². The summed E-state index contributed by atoms with van der Waals surface area (Å²) in [6.45, 7) is 1.54. The number of ether oxygens (including phenoxy) is 3. The van der Waals surface area contributed by atoms with E-state index in [2.05, 4.69) is 5.32 Å². The second-order valence-electron chi connectivity index (χ2n) is 3.76. The van der Waals surface area contributed by atoms with E-state index in [1.165, 1.54) is 0 Å². The zero-order valence-corrected chi connectivity index (χ0v) is 11.2. The van der Waals surface area contributed by atoms with Gasteiger partial charge in [0, 0.05) is 6.54 Å². The van der Waals surface area contributed by atoms with Crippen LogP contribution in [-0.2, 0) is 6.42 Å². The van der Waals surface area contributed by atoms with Crippen LogP contribution in [0.1, 0.15) is 5.56 Å². The van der Waals surface area contributed by atoms with Crippen LogP contribution in [0, 0.1) is 0 Å². The van der Waals surface area contributed by atoms with E-state index in [1.54, 1.807) is 21.3 Å². The fourth-order valence-electron chi connectivity index (χ4n) is 1.72. The molecule has 5 nitrogen and oxygen atoms in total. The molecule has 2 N–H and O–H groups in total. The minimum absolute atomic E-state index is 0.148. The zero-order valence-electron chi connectivity index (χ0n) is 11.2. The molecule has 1 aromatic rings. The van der Waals surface area contributed by atoms with Crippen molar-refractivity contribution in [2.24, 2.45) is 0 Å². The van der Waals surface area contributed by atoms with E-state index in [4.69, 9.17) is 19.3 Å². The van der Waals surface area contributed by atoms with Gasteiger partial charge >= 0.3 is 0 Å². The standard InChI is InChI=1S/C13H21NO4/c1-16-11-8-10(4-5-14-6-7-15)9-12(17-2)13(11)18-3/h8-9,14-15H,4-7H2,1-3H3. The van der Waals surface area contributed by atoms with Crippen molar-refractivity contribution < 1.29 is 19.3 Å². The van der Waals surface area contributed by atoms with Crippen LogP contribution in [0.4, 0.5) is 0 Å². The van der Waals surface area contributed by atoms with Gasteiger partial charge in [-0.25, -0.2) is 0 Å². The Balaban J connectivity index is 2.80. The number of aliphatic hydroxyl groups is 1. The van der Waals surface area contributed by atoms with Crippen LogP contribution in [0.15, 0.2) is 12.1 Å². The fourth-order valence-corrected chi connectivity index (χ4v) is 1.72. The third-order valence-electron chi connectivity index (χ3n) is 2.60. The second kappa shape index (κ2) is 7.79. The number of benzene rings is 1. The van der Waals surface area contributed by atoms with Crippen molar-refractivity contribution >= 4 is 0 Å². The van der Waals surface area contributed by atoms with E-state index in [9.17, 15) is 0 Å². The van der Waals surface area contributed by atoms with Gasteiger partial charge in [0.15, 0.2) is 11.5 Å². The summed E-state index contributed by atoms with van der Waals surface area (Å²) in [6.07, 6.45) is 0.830. The first-order valence-electron chi connectivity index (χ1n) is 5.87. The Labute approximate surface area is 108 Å². The second-order valence-corrected chi connectivity index (χ2v) is 3.76. The van der Waals surface area contributed by atoms with E-state index < -0.39 is 0 Å². The van der Waals surface area contributed by atoms with Gasteiger partial charge in [-0.15, -0.1) is 0 Å². The maximum absolute atomic E-state index is 8.68. The smallest absolute Gasteiger partial charge is 0.203 e. The molecule has 1 aromatic carbocycles. The van der Waals surface area contributed by atoms with Gasteiger partial charge in [0.05, 0.1) is 27.9 Å². The van der Waals surface area contributed by atoms with Crippen molar-refractivity contribution in [2.75, 3.05) is 41.0 Å². The normalized spacial score (nSPS) is 10.2. The molecular weight excluding hydrogens is 234 g/mol. The molecule has 1 rings (SSSR count). The average molecular weight is 255 g/mol. The SMILES string of the molecule is COc1cc(CCNCCO)cc(OC)c1OC. The number of methoxy groups -OCH3 is 3. The van der Waals surface area contributed by atoms with E-state index in [1.807, 2.05) is 12.1 Å². The Morgan fingerprint density at radius 2 is 1.61 bits per heavy atom. The van der Waals surface area contributed by atoms with E-state index in [0.717, 1.165) is 18.5 Å². The van der Waals surface area contributed by atoms with Crippen LogP contribution < -0.4 is 19.5 Å². The van der Waals surface area contributed by atoms with Crippen LogP contribution in [-0.4, -0.2) is 46.1 Å². The van der Waals surface area contributed by atoms with Gasteiger partial charge in [-0.05, 0) is 30.7 Å². The molecule has 0 spiro atoms. The van der Waals surface area contributed by atoms with Crippen molar-refractivity contribution in [2.45, 2.75) is 6.42 Å². The summed E-state index contributed by atoms with van der Waals surface area (Å²) >= 11 is 0. The van der Waals surface area contributed by atoms with E-state index >= 15 is 0 Å². The lowest BCUT2D eigenvalue weighted by Gasteiger charge is -2.14. The van der Waals surface area contributed by atoms with Gasteiger partial charge in [0.2, 0.25) is 5.75 Å². The van der Waals surface area contributed by atoms with Crippen LogP contribution in [0.3, 0.4) is 0 Å². The van der Waals surface area contributed by atoms with Gasteiger partial charge in [-0.1, -0.05) is 0 Å². The quantitative estimate of drug-likeness (QED) is 0.674. The van der Waals surface area contributed by atoms with Crippen molar-refractivity contribution in [3.05, 3.63) is 17.7 Å². The first-order chi connectivity index (χ1) is 8.76. The van der Waals surface area contributed by atoms with Crippen LogP contribution >= 0.6 is 0 Å². The van der Waals surface area contributed by atoms with Crippen molar-refractivity contribution in [3.63, 3.8) is 0 Å². The lowest BCUT2D eigenvalue weighted by atomic mass is 10.1. The number of nitrogens with one attached hydrogen (secondary N) is 1. The van der Waals surface area contributed by atoms with Crippen LogP contribution in [0.2, 0.25) is 0 Å². The van der Waals surface area contributed by atoms with Gasteiger partial charge in [0.25, 0.3) is 0 Å². The summed E-state index contributed by atoms with van der Waals surface area (Å²) < 4.78 is 15.8. The zero-order chi connectivity index (χ0) is 13.4. The maximum atomic E-state index is 8.68. The Hall–Kier alpha value is -1.46. The molecule has 0 saturated heterocycles. The first kappa shape index (κ1) is 14.6. The molecule has 5 heteroatoms. The summed E-state index contributed by atoms with van der Waals surface area (Å²) in [6, 6.07) is 3.87. The minimum Gasteiger partial charge on any atom is -0.493 e. The monoisotopic (exact) mass is 255 g/mol. The molecule has 0 bridgehead atoms. The molecule has 0 fully saturated rings. The Bertz CT molecular complexity index is 343. The topological polar surface area (TPSA) is 60.0 Å². The number of rotatable bonds is 8. The summed E-state index contributed by atoms with van der Waals surface area (Å²) in [4.78, 5) is 0. The van der Waals surface area contributed by atoms with E-state index in [-0.39, 0.29) is 6.61 Å². The van der Waals surface area contributed by atoms with Gasteiger partial charge in [0.1, 0.15) is 0 Å². The van der Waals surface area contributed by atoms with Gasteiger partial charge < -0.3 is 24.6 Å². The van der Waals surface area contributed by atoms with Crippen molar-refractivity contribution in [3.8, 4) is 17.2 Å². The van der Waals surface area contributed by atoms with Crippen molar-refractivity contribution in [1.82, 2.24) is 5.32 Å².